The first-order valence-corrected chi connectivity index (χ1v) is 10.2. The molecule has 3 aromatic carbocycles. The third kappa shape index (κ3) is 3.56. The van der Waals surface area contributed by atoms with Crippen LogP contribution in [0.5, 0.6) is 0 Å². The fraction of sp³-hybridized carbons (Fsp3) is 0. The van der Waals surface area contributed by atoms with Gasteiger partial charge in [-0.15, -0.1) is 11.3 Å². The lowest BCUT2D eigenvalue weighted by Gasteiger charge is -2.03. The Labute approximate surface area is 172 Å². The van der Waals surface area contributed by atoms with E-state index in [2.05, 4.69) is 34.6 Å². The van der Waals surface area contributed by atoms with E-state index >= 15 is 0 Å². The molecule has 4 nitrogen and oxygen atoms in total. The van der Waals surface area contributed by atoms with Crippen LogP contribution in [-0.4, -0.2) is 15.9 Å². The average molecular weight is 395 g/mol. The summed E-state index contributed by atoms with van der Waals surface area (Å²) in [5, 5.41) is 8.07. The van der Waals surface area contributed by atoms with Crippen LogP contribution in [0.3, 0.4) is 0 Å². The van der Waals surface area contributed by atoms with Gasteiger partial charge in [-0.2, -0.15) is 5.10 Å². The molecule has 1 N–H and O–H groups in total. The first-order valence-electron chi connectivity index (χ1n) is 9.35. The van der Waals surface area contributed by atoms with Crippen molar-refractivity contribution in [2.24, 2.45) is 10.1 Å². The zero-order valence-corrected chi connectivity index (χ0v) is 16.4. The summed E-state index contributed by atoms with van der Waals surface area (Å²) < 4.78 is 1.91. The minimum Gasteiger partial charge on any atom is -0.361 e. The van der Waals surface area contributed by atoms with Crippen LogP contribution in [0.2, 0.25) is 0 Å². The number of benzene rings is 3. The number of nitrogens with one attached hydrogen (secondary N) is 1. The maximum atomic E-state index is 4.82. The Balaban J connectivity index is 1.65. The molecule has 0 aliphatic heterocycles. The molecule has 0 aliphatic rings. The summed E-state index contributed by atoms with van der Waals surface area (Å²) in [7, 11) is 0. The van der Waals surface area contributed by atoms with Crippen LogP contribution in [0.15, 0.2) is 107 Å². The van der Waals surface area contributed by atoms with Gasteiger partial charge in [-0.05, 0) is 18.2 Å². The van der Waals surface area contributed by atoms with E-state index in [1.165, 1.54) is 0 Å². The Kier molecular flexibility index (Phi) is 4.64. The van der Waals surface area contributed by atoms with E-state index in [1.807, 2.05) is 77.8 Å². The van der Waals surface area contributed by atoms with Crippen LogP contribution in [0.4, 0.5) is 5.69 Å². The van der Waals surface area contributed by atoms with Gasteiger partial charge in [0.1, 0.15) is 0 Å². The highest BCUT2D eigenvalue weighted by atomic mass is 32.1. The molecule has 0 unspecified atom stereocenters. The zero-order valence-electron chi connectivity index (χ0n) is 15.6. The highest BCUT2D eigenvalue weighted by molar-refractivity contribution is 7.07. The molecule has 140 valence electrons. The number of hydrogen-bond acceptors (Lipinski definition) is 3. The molecule has 5 rings (SSSR count). The lowest BCUT2D eigenvalue weighted by Crippen LogP contribution is -2.11. The first-order chi connectivity index (χ1) is 14.4. The number of aromatic nitrogens is 2. The topological polar surface area (TPSA) is 45.4 Å². The Morgan fingerprint density at radius 3 is 2.38 bits per heavy atom. The summed E-state index contributed by atoms with van der Waals surface area (Å²) in [6.45, 7) is 0. The van der Waals surface area contributed by atoms with E-state index in [0.717, 1.165) is 38.2 Å². The van der Waals surface area contributed by atoms with Crippen molar-refractivity contribution >= 4 is 34.1 Å². The monoisotopic (exact) mass is 394 g/mol. The van der Waals surface area contributed by atoms with E-state index < -0.39 is 0 Å². The number of fused-ring (bicyclic) bond motifs is 1. The number of thiazole rings is 1. The summed E-state index contributed by atoms with van der Waals surface area (Å²) in [4.78, 5) is 8.93. The van der Waals surface area contributed by atoms with Crippen LogP contribution < -0.4 is 4.80 Å². The van der Waals surface area contributed by atoms with Gasteiger partial charge in [-0.25, -0.2) is 9.67 Å². The molecule has 0 amide bonds. The average Bonchev–Trinajstić information content (AvgIpc) is 3.37. The molecule has 5 heteroatoms. The van der Waals surface area contributed by atoms with Gasteiger partial charge < -0.3 is 4.98 Å². The van der Waals surface area contributed by atoms with E-state index in [9.17, 15) is 0 Å². The van der Waals surface area contributed by atoms with E-state index in [-0.39, 0.29) is 0 Å². The van der Waals surface area contributed by atoms with Crippen molar-refractivity contribution in [2.45, 2.75) is 0 Å². The second-order valence-electron chi connectivity index (χ2n) is 6.56. The van der Waals surface area contributed by atoms with Gasteiger partial charge in [-0.1, -0.05) is 66.7 Å². The largest absolute Gasteiger partial charge is 0.361 e. The van der Waals surface area contributed by atoms with Crippen molar-refractivity contribution in [3.8, 4) is 11.3 Å². The third-order valence-corrected chi connectivity index (χ3v) is 5.49. The third-order valence-electron chi connectivity index (χ3n) is 4.67. The molecule has 0 fully saturated rings. The molecule has 2 heterocycles. The smallest absolute Gasteiger partial charge is 0.211 e. The summed E-state index contributed by atoms with van der Waals surface area (Å²) >= 11 is 1.58. The molecule has 0 saturated heterocycles. The number of aromatic amines is 1. The predicted molar refractivity (Wildman–Crippen MR) is 121 cm³/mol. The van der Waals surface area contributed by atoms with Gasteiger partial charge in [0, 0.05) is 33.6 Å². The predicted octanol–water partition coefficient (Wildman–Crippen LogP) is 5.81. The van der Waals surface area contributed by atoms with E-state index in [0.29, 0.717) is 0 Å². The minimum absolute atomic E-state index is 0.825. The molecule has 0 spiro atoms. The standard InChI is InChI=1S/C24H18N4S/c1-3-9-18(10-4-1)23-17-29-24(27-20-11-5-2-6-12-20)28(23)26-16-19-15-25-22-14-8-7-13-21(19)22/h1-17,25H. The molecule has 0 atom stereocenters. The maximum Gasteiger partial charge on any atom is 0.211 e. The van der Waals surface area contributed by atoms with Crippen LogP contribution in [0, 0.1) is 0 Å². The first kappa shape index (κ1) is 17.4. The quantitative estimate of drug-likeness (QED) is 0.374. The Morgan fingerprint density at radius 2 is 1.55 bits per heavy atom. The number of para-hydroxylation sites is 2. The van der Waals surface area contributed by atoms with Crippen LogP contribution in [0.25, 0.3) is 22.2 Å². The number of hydrogen-bond donors (Lipinski definition) is 1. The van der Waals surface area contributed by atoms with Gasteiger partial charge in [0.15, 0.2) is 0 Å². The van der Waals surface area contributed by atoms with Gasteiger partial charge in [-0.3, -0.25) is 0 Å². The maximum absolute atomic E-state index is 4.82. The van der Waals surface area contributed by atoms with Gasteiger partial charge in [0.05, 0.1) is 17.6 Å². The lowest BCUT2D eigenvalue weighted by molar-refractivity contribution is 0.855. The lowest BCUT2D eigenvalue weighted by atomic mass is 10.2. The molecule has 29 heavy (non-hydrogen) atoms. The molecule has 0 saturated carbocycles. The van der Waals surface area contributed by atoms with Crippen molar-refractivity contribution in [1.82, 2.24) is 9.66 Å². The summed E-state index contributed by atoms with van der Waals surface area (Å²) in [5.74, 6) is 0. The molecule has 0 radical (unpaired) electrons. The Bertz CT molecular complexity index is 1340. The molecule has 0 bridgehead atoms. The van der Waals surface area contributed by atoms with Crippen molar-refractivity contribution in [2.75, 3.05) is 0 Å². The van der Waals surface area contributed by atoms with Crippen LogP contribution in [0.1, 0.15) is 5.56 Å². The number of rotatable bonds is 4. The van der Waals surface area contributed by atoms with Crippen molar-refractivity contribution < 1.29 is 0 Å². The number of H-pyrrole nitrogens is 1. The second kappa shape index (κ2) is 7.73. The SMILES string of the molecule is C(=Nn1c(-c2ccccc2)csc1=Nc1ccccc1)c1c[nH]c2ccccc12. The molecule has 5 aromatic rings. The van der Waals surface area contributed by atoms with Gasteiger partial charge in [0.25, 0.3) is 0 Å². The fourth-order valence-corrected chi connectivity index (χ4v) is 4.09. The second-order valence-corrected chi connectivity index (χ2v) is 7.40. The minimum atomic E-state index is 0.825. The normalized spacial score (nSPS) is 12.2. The molecular formula is C24H18N4S. The van der Waals surface area contributed by atoms with E-state index in [4.69, 9.17) is 10.1 Å². The van der Waals surface area contributed by atoms with Gasteiger partial charge >= 0.3 is 0 Å². The Hall–Kier alpha value is -3.70. The molecular weight excluding hydrogens is 376 g/mol. The summed E-state index contributed by atoms with van der Waals surface area (Å²) in [6.07, 6.45) is 3.87. The Morgan fingerprint density at radius 1 is 0.828 bits per heavy atom. The summed E-state index contributed by atoms with van der Waals surface area (Å²) in [5.41, 5.74) is 5.17. The number of nitrogens with zero attached hydrogens (tertiary/aromatic N) is 3. The molecule has 0 aliphatic carbocycles. The highest BCUT2D eigenvalue weighted by Crippen LogP contribution is 2.21. The van der Waals surface area contributed by atoms with Crippen LogP contribution in [-0.2, 0) is 0 Å². The fourth-order valence-electron chi connectivity index (χ4n) is 3.23. The van der Waals surface area contributed by atoms with Crippen molar-refractivity contribution in [3.05, 3.63) is 107 Å². The van der Waals surface area contributed by atoms with Crippen molar-refractivity contribution in [3.63, 3.8) is 0 Å². The zero-order chi connectivity index (χ0) is 19.5. The van der Waals surface area contributed by atoms with Gasteiger partial charge in [0.2, 0.25) is 4.80 Å². The molecule has 2 aromatic heterocycles. The highest BCUT2D eigenvalue weighted by Gasteiger charge is 2.08. The van der Waals surface area contributed by atoms with Crippen LogP contribution >= 0.6 is 11.3 Å². The van der Waals surface area contributed by atoms with E-state index in [1.54, 1.807) is 11.3 Å². The van der Waals surface area contributed by atoms with Crippen molar-refractivity contribution in [1.29, 1.82) is 0 Å². The summed E-state index contributed by atoms with van der Waals surface area (Å²) in [6, 6.07) is 28.5.